The summed E-state index contributed by atoms with van der Waals surface area (Å²) < 4.78 is 117. The van der Waals surface area contributed by atoms with E-state index in [0.717, 1.165) is 91.0 Å². The van der Waals surface area contributed by atoms with Gasteiger partial charge < -0.3 is 32.1 Å². The number of rotatable bonds is 16. The van der Waals surface area contributed by atoms with Gasteiger partial charge in [-0.05, 0) is 195 Å². The monoisotopic (exact) mass is 1580 g/mol. The summed E-state index contributed by atoms with van der Waals surface area (Å²) in [6.45, 7) is 10.8. The van der Waals surface area contributed by atoms with Crippen molar-refractivity contribution < 1.29 is 58.4 Å². The third-order valence-corrected chi connectivity index (χ3v) is 17.6. The Bertz CT molecular complexity index is 6310. The van der Waals surface area contributed by atoms with E-state index in [1.165, 1.54) is 18.5 Å². The van der Waals surface area contributed by atoms with E-state index >= 15 is 0 Å². The van der Waals surface area contributed by atoms with Crippen molar-refractivity contribution in [1.82, 2.24) is 65.7 Å². The number of hydrogen-bond acceptors (Lipinski definition) is 22. The average Bonchev–Trinajstić information content (AvgIpc) is 1.70. The van der Waals surface area contributed by atoms with Gasteiger partial charge in [0.25, 0.3) is 29.5 Å². The van der Waals surface area contributed by atoms with Crippen LogP contribution in [0.15, 0.2) is 302 Å². The second-order valence-electron chi connectivity index (χ2n) is 25.6. The highest BCUT2D eigenvalue weighted by atomic mass is 19.4. The molecule has 8 heterocycles. The molecule has 22 nitrogen and oxygen atoms in total. The Morgan fingerprint density at radius 3 is 1.12 bits per heavy atom. The number of aryl methyl sites for hydroxylation is 3. The summed E-state index contributed by atoms with van der Waals surface area (Å²) in [7, 11) is 0. The van der Waals surface area contributed by atoms with Gasteiger partial charge in [0.1, 0.15) is 0 Å². The Morgan fingerprint density at radius 1 is 0.305 bits per heavy atom. The van der Waals surface area contributed by atoms with Gasteiger partial charge in [-0.3, -0.25) is 15.0 Å². The molecule has 0 aliphatic heterocycles. The van der Waals surface area contributed by atoms with Crippen molar-refractivity contribution in [2.75, 3.05) is 13.2 Å². The van der Waals surface area contributed by atoms with Gasteiger partial charge in [0.05, 0.1) is 47.6 Å². The molecule has 0 unspecified atom stereocenters. The van der Waals surface area contributed by atoms with Crippen LogP contribution < -0.4 is 9.47 Å². The van der Waals surface area contributed by atoms with Gasteiger partial charge in [-0.2, -0.15) is 61.8 Å². The summed E-state index contributed by atoms with van der Waals surface area (Å²) in [6.07, 6.45) is 0.776. The molecule has 0 radical (unpaired) electrons. The molecule has 0 N–H and O–H groups in total. The largest absolute Gasteiger partial charge is 0.490 e. The van der Waals surface area contributed by atoms with Gasteiger partial charge in [-0.25, -0.2) is 0 Å². The molecule has 9 aromatic carbocycles. The average molecular weight is 1580 g/mol. The van der Waals surface area contributed by atoms with Crippen LogP contribution in [0.5, 0.6) is 11.5 Å². The first-order valence-electron chi connectivity index (χ1n) is 36.3. The fourth-order valence-corrected chi connectivity index (χ4v) is 11.7. The molecule has 0 spiro atoms. The number of nitriles is 2. The summed E-state index contributed by atoms with van der Waals surface area (Å²) in [5.41, 5.74) is 11.9. The maximum Gasteiger partial charge on any atom is 0.416 e. The molecule has 0 amide bonds. The predicted octanol–water partition coefficient (Wildman–Crippen LogP) is 22.0. The lowest BCUT2D eigenvalue weighted by Crippen LogP contribution is -2.05. The Morgan fingerprint density at radius 2 is 0.669 bits per heavy atom. The number of pyridine rings is 3. The topological polar surface area (TPSA) is 299 Å². The number of alkyl halides is 6. The van der Waals surface area contributed by atoms with Crippen molar-refractivity contribution >= 4 is 0 Å². The molecule has 0 aliphatic carbocycles. The van der Waals surface area contributed by atoms with Gasteiger partial charge in [-0.1, -0.05) is 147 Å². The first-order valence-corrected chi connectivity index (χ1v) is 36.3. The Kier molecular flexibility index (Phi) is 25.4. The Balaban J connectivity index is 0.000000128. The highest BCUT2D eigenvalue weighted by molar-refractivity contribution is 5.74. The maximum atomic E-state index is 13.4. The minimum absolute atomic E-state index is 0.0316. The smallest absolute Gasteiger partial charge is 0.416 e. The summed E-state index contributed by atoms with van der Waals surface area (Å²) in [5.74, 6) is 4.95. The summed E-state index contributed by atoms with van der Waals surface area (Å²) >= 11 is 0. The number of ether oxygens (including phenoxy) is 2. The van der Waals surface area contributed by atoms with Crippen LogP contribution in [-0.2, 0) is 12.4 Å². The zero-order valence-electron chi connectivity index (χ0n) is 63.3. The van der Waals surface area contributed by atoms with E-state index in [1.807, 2.05) is 168 Å². The molecule has 28 heteroatoms. The molecule has 8 aromatic heterocycles. The summed E-state index contributed by atoms with van der Waals surface area (Å²) in [6, 6.07) is 74.8. The molecule has 17 aromatic rings. The van der Waals surface area contributed by atoms with Crippen molar-refractivity contribution in [3.8, 4) is 160 Å². The van der Waals surface area contributed by atoms with Crippen LogP contribution in [0.1, 0.15) is 52.8 Å². The normalized spacial score (nSPS) is 10.9. The zero-order chi connectivity index (χ0) is 82.6. The molecule has 0 atom stereocenters. The molecular weight excluding hydrogens is 1520 g/mol. The molecule has 0 saturated carbocycles. The lowest BCUT2D eigenvalue weighted by molar-refractivity contribution is -0.138. The molecule has 0 saturated heterocycles. The van der Waals surface area contributed by atoms with E-state index in [0.29, 0.717) is 87.9 Å². The first kappa shape index (κ1) is 80.3. The van der Waals surface area contributed by atoms with Crippen LogP contribution in [0, 0.1) is 43.4 Å². The SMILES string of the molecule is CCOc1ccc(-c2nc(-c3ccccc3C)no2)cc1OCC.Cc1cc(-c2nc(-c3ccncc3)no2)ccc1C#N.Cc1ccccc1-c1noc(-c2cc(-c3ccccc3)cc(C(F)(F)F)c2)n1.N#Cc1cc(-c2nc(-c3ccncc3)no2)cc(C(F)(F)F)c1.c1ccc(-c2cccc(-c3nc(-c4ccncc4)no3)c2)cc1. The van der Waals surface area contributed by atoms with Gasteiger partial charge in [-0.15, -0.1) is 0 Å². The second kappa shape index (κ2) is 37.3. The molecule has 118 heavy (non-hydrogen) atoms. The fourth-order valence-electron chi connectivity index (χ4n) is 11.7. The number of halogens is 6. The Hall–Kier alpha value is -15.7. The van der Waals surface area contributed by atoms with Crippen LogP contribution in [-0.4, -0.2) is 78.9 Å². The highest BCUT2D eigenvalue weighted by Gasteiger charge is 2.34. The van der Waals surface area contributed by atoms with Gasteiger partial charge >= 0.3 is 12.4 Å². The van der Waals surface area contributed by atoms with Crippen molar-refractivity contribution in [1.29, 1.82) is 10.5 Å². The molecular formula is C90H65F6N15O7. The van der Waals surface area contributed by atoms with Crippen molar-refractivity contribution in [2.24, 2.45) is 0 Å². The van der Waals surface area contributed by atoms with E-state index in [9.17, 15) is 26.3 Å². The van der Waals surface area contributed by atoms with Gasteiger partial charge in [0.15, 0.2) is 11.5 Å². The van der Waals surface area contributed by atoms with Crippen molar-refractivity contribution in [3.63, 3.8) is 0 Å². The summed E-state index contributed by atoms with van der Waals surface area (Å²) in [5, 5.41) is 37.6. The lowest BCUT2D eigenvalue weighted by atomic mass is 9.99. The van der Waals surface area contributed by atoms with Crippen LogP contribution in [0.3, 0.4) is 0 Å². The van der Waals surface area contributed by atoms with E-state index in [4.69, 9.17) is 42.6 Å². The minimum Gasteiger partial charge on any atom is -0.490 e. The van der Waals surface area contributed by atoms with E-state index in [-0.39, 0.29) is 34.3 Å². The minimum atomic E-state index is -4.57. The van der Waals surface area contributed by atoms with Crippen LogP contribution in [0.2, 0.25) is 0 Å². The Labute approximate surface area is 670 Å². The molecule has 0 aliphatic rings. The molecule has 584 valence electrons. The number of benzene rings is 9. The van der Waals surface area contributed by atoms with E-state index in [1.54, 1.807) is 85.5 Å². The van der Waals surface area contributed by atoms with Gasteiger partial charge in [0.2, 0.25) is 29.1 Å². The zero-order valence-corrected chi connectivity index (χ0v) is 63.3. The lowest BCUT2D eigenvalue weighted by Gasteiger charge is -2.11. The standard InChI is InChI=1S/C22H15F3N2O.C19H13N3O.C19H20N2O3.C15H7F3N4O.C15H10N4O/c1-14-7-5-6-10-19(14)20-26-21(28-27-20)17-11-16(15-8-3-2-4-9-15)12-18(13-17)22(23,24)25;1-2-5-14(6-3-1)16-7-4-8-17(13-16)19-21-18(22-23-19)15-9-11-20-12-10-15;1-4-22-16-11-10-14(12-17(16)23-5-2)19-20-18(21-24-19)15-9-7-6-8-13(15)3;16-15(17,18)12-6-9(8-19)5-11(7-12)14-21-13(22-23-14)10-1-3-20-4-2-10;1-10-8-12(2-3-13(10)9-16)15-18-14(19-20-15)11-4-6-17-7-5-11/h2-13H,1H3;1-13H;6-12H,4-5H2,1-3H3;1-7H;2-8H,1H3. The van der Waals surface area contributed by atoms with Crippen LogP contribution in [0.4, 0.5) is 26.3 Å². The third-order valence-electron chi connectivity index (χ3n) is 17.6. The number of nitrogens with zero attached hydrogens (tertiary/aromatic N) is 15. The molecule has 17 rings (SSSR count). The number of hydrogen-bond donors (Lipinski definition) is 0. The summed E-state index contributed by atoms with van der Waals surface area (Å²) in [4.78, 5) is 33.5. The maximum absolute atomic E-state index is 13.4. The van der Waals surface area contributed by atoms with E-state index in [2.05, 4.69) is 96.0 Å². The quantitative estimate of drug-likeness (QED) is 0.0812. The number of aromatic nitrogens is 13. The molecule has 0 fully saturated rings. The van der Waals surface area contributed by atoms with Crippen LogP contribution >= 0.6 is 0 Å². The fraction of sp³-hybridized carbons (Fsp3) is 0.100. The van der Waals surface area contributed by atoms with E-state index < -0.39 is 23.5 Å². The highest BCUT2D eigenvalue weighted by Crippen LogP contribution is 2.39. The third kappa shape index (κ3) is 20.2. The second-order valence-corrected chi connectivity index (χ2v) is 25.6. The first-order chi connectivity index (χ1) is 57.3. The van der Waals surface area contributed by atoms with Crippen molar-refractivity contribution in [3.05, 3.63) is 319 Å². The predicted molar refractivity (Wildman–Crippen MR) is 426 cm³/mol. The van der Waals surface area contributed by atoms with Gasteiger partial charge in [0, 0.05) is 92.8 Å². The van der Waals surface area contributed by atoms with Crippen molar-refractivity contribution in [2.45, 2.75) is 47.0 Å². The van der Waals surface area contributed by atoms with Crippen LogP contribution in [0.25, 0.3) is 136 Å². The molecule has 0 bridgehead atoms.